The molecule has 14 heavy (non-hydrogen) atoms. The SMILES string of the molecule is CC(C)N1CC(CNCC(C)(C)O)C1. The van der Waals surface area contributed by atoms with E-state index in [0.29, 0.717) is 12.6 Å². The van der Waals surface area contributed by atoms with Crippen molar-refractivity contribution < 1.29 is 5.11 Å². The van der Waals surface area contributed by atoms with Gasteiger partial charge in [0.1, 0.15) is 0 Å². The van der Waals surface area contributed by atoms with E-state index in [2.05, 4.69) is 24.1 Å². The molecule has 0 amide bonds. The van der Waals surface area contributed by atoms with Crippen molar-refractivity contribution in [1.29, 1.82) is 0 Å². The van der Waals surface area contributed by atoms with Crippen molar-refractivity contribution in [2.75, 3.05) is 26.2 Å². The minimum atomic E-state index is -0.582. The van der Waals surface area contributed by atoms with E-state index >= 15 is 0 Å². The third kappa shape index (κ3) is 3.95. The van der Waals surface area contributed by atoms with E-state index in [1.807, 2.05) is 13.8 Å². The van der Waals surface area contributed by atoms with Crippen LogP contribution in [-0.4, -0.2) is 47.8 Å². The number of hydrogen-bond donors (Lipinski definition) is 2. The van der Waals surface area contributed by atoms with Crippen molar-refractivity contribution in [2.24, 2.45) is 5.92 Å². The molecular formula is C11H24N2O. The van der Waals surface area contributed by atoms with Gasteiger partial charge in [0, 0.05) is 32.2 Å². The second kappa shape index (κ2) is 4.60. The fourth-order valence-electron chi connectivity index (χ4n) is 1.74. The first-order valence-corrected chi connectivity index (χ1v) is 5.55. The van der Waals surface area contributed by atoms with E-state index in [0.717, 1.165) is 12.5 Å². The first-order valence-electron chi connectivity index (χ1n) is 5.55. The van der Waals surface area contributed by atoms with Crippen LogP contribution in [-0.2, 0) is 0 Å². The summed E-state index contributed by atoms with van der Waals surface area (Å²) < 4.78 is 0. The maximum Gasteiger partial charge on any atom is 0.0715 e. The number of nitrogens with zero attached hydrogens (tertiary/aromatic N) is 1. The molecule has 0 saturated carbocycles. The van der Waals surface area contributed by atoms with Crippen LogP contribution in [0.1, 0.15) is 27.7 Å². The summed E-state index contributed by atoms with van der Waals surface area (Å²) >= 11 is 0. The van der Waals surface area contributed by atoms with E-state index in [1.54, 1.807) is 0 Å². The third-order valence-electron chi connectivity index (χ3n) is 2.71. The summed E-state index contributed by atoms with van der Waals surface area (Å²) in [4.78, 5) is 2.47. The van der Waals surface area contributed by atoms with Crippen LogP contribution in [0.5, 0.6) is 0 Å². The Morgan fingerprint density at radius 2 is 2.00 bits per heavy atom. The van der Waals surface area contributed by atoms with Gasteiger partial charge in [0.15, 0.2) is 0 Å². The van der Waals surface area contributed by atoms with E-state index < -0.39 is 5.60 Å². The second-order valence-corrected chi connectivity index (χ2v) is 5.36. The average molecular weight is 200 g/mol. The van der Waals surface area contributed by atoms with Crippen LogP contribution >= 0.6 is 0 Å². The van der Waals surface area contributed by atoms with Gasteiger partial charge < -0.3 is 15.3 Å². The van der Waals surface area contributed by atoms with Gasteiger partial charge in [0.05, 0.1) is 5.60 Å². The summed E-state index contributed by atoms with van der Waals surface area (Å²) in [5, 5.41) is 12.8. The Morgan fingerprint density at radius 1 is 1.43 bits per heavy atom. The molecule has 0 spiro atoms. The maximum absolute atomic E-state index is 9.49. The smallest absolute Gasteiger partial charge is 0.0715 e. The second-order valence-electron chi connectivity index (χ2n) is 5.36. The lowest BCUT2D eigenvalue weighted by atomic mass is 9.98. The summed E-state index contributed by atoms with van der Waals surface area (Å²) in [5.74, 6) is 0.778. The van der Waals surface area contributed by atoms with E-state index in [9.17, 15) is 5.11 Å². The molecule has 0 aromatic heterocycles. The fraction of sp³-hybridized carbons (Fsp3) is 1.00. The van der Waals surface area contributed by atoms with Crippen LogP contribution in [0.2, 0.25) is 0 Å². The summed E-state index contributed by atoms with van der Waals surface area (Å²) in [6.07, 6.45) is 0. The van der Waals surface area contributed by atoms with Crippen LogP contribution in [0.25, 0.3) is 0 Å². The molecule has 3 heteroatoms. The lowest BCUT2D eigenvalue weighted by Crippen LogP contribution is -2.54. The number of nitrogens with one attached hydrogen (secondary N) is 1. The minimum absolute atomic E-state index is 0.582. The molecule has 1 aliphatic rings. The standard InChI is InChI=1S/C11H24N2O/c1-9(2)13-6-10(7-13)5-12-8-11(3,4)14/h9-10,12,14H,5-8H2,1-4H3. The summed E-state index contributed by atoms with van der Waals surface area (Å²) in [6.45, 7) is 12.3. The van der Waals surface area contributed by atoms with Gasteiger partial charge >= 0.3 is 0 Å². The van der Waals surface area contributed by atoms with Crippen LogP contribution in [0.3, 0.4) is 0 Å². The predicted octanol–water partition coefficient (Wildman–Crippen LogP) is 0.687. The predicted molar refractivity (Wildman–Crippen MR) is 59.4 cm³/mol. The van der Waals surface area contributed by atoms with Crippen LogP contribution < -0.4 is 5.32 Å². The molecule has 0 aliphatic carbocycles. The molecule has 1 rings (SSSR count). The van der Waals surface area contributed by atoms with Crippen LogP contribution in [0, 0.1) is 5.92 Å². The van der Waals surface area contributed by atoms with Crippen molar-refractivity contribution in [2.45, 2.75) is 39.3 Å². The summed E-state index contributed by atoms with van der Waals surface area (Å²) in [5.41, 5.74) is -0.582. The highest BCUT2D eigenvalue weighted by Gasteiger charge is 2.28. The number of rotatable bonds is 5. The quantitative estimate of drug-likeness (QED) is 0.685. The lowest BCUT2D eigenvalue weighted by molar-refractivity contribution is 0.0527. The van der Waals surface area contributed by atoms with Crippen molar-refractivity contribution in [3.05, 3.63) is 0 Å². The monoisotopic (exact) mass is 200 g/mol. The molecule has 0 aromatic carbocycles. The zero-order chi connectivity index (χ0) is 10.8. The molecule has 0 unspecified atom stereocenters. The Labute approximate surface area is 87.5 Å². The van der Waals surface area contributed by atoms with Gasteiger partial charge in [-0.1, -0.05) is 0 Å². The molecule has 1 heterocycles. The molecule has 0 aromatic rings. The summed E-state index contributed by atoms with van der Waals surface area (Å²) in [7, 11) is 0. The highest BCUT2D eigenvalue weighted by molar-refractivity contribution is 4.84. The Bertz CT molecular complexity index is 169. The van der Waals surface area contributed by atoms with Gasteiger partial charge in [-0.2, -0.15) is 0 Å². The first kappa shape index (κ1) is 12.0. The van der Waals surface area contributed by atoms with Crippen molar-refractivity contribution in [3.63, 3.8) is 0 Å². The zero-order valence-corrected chi connectivity index (χ0v) is 9.88. The minimum Gasteiger partial charge on any atom is -0.389 e. The Morgan fingerprint density at radius 3 is 2.43 bits per heavy atom. The van der Waals surface area contributed by atoms with Gasteiger partial charge in [-0.05, 0) is 33.6 Å². The molecule has 3 nitrogen and oxygen atoms in total. The highest BCUT2D eigenvalue weighted by Crippen LogP contribution is 2.17. The Hall–Kier alpha value is -0.120. The van der Waals surface area contributed by atoms with Gasteiger partial charge in [0.25, 0.3) is 0 Å². The lowest BCUT2D eigenvalue weighted by Gasteiger charge is -2.42. The molecule has 0 bridgehead atoms. The average Bonchev–Trinajstić information content (AvgIpc) is 1.90. The summed E-state index contributed by atoms with van der Waals surface area (Å²) in [6, 6.07) is 0.681. The Balaban J connectivity index is 2.01. The van der Waals surface area contributed by atoms with E-state index in [1.165, 1.54) is 13.1 Å². The van der Waals surface area contributed by atoms with E-state index in [-0.39, 0.29) is 0 Å². The molecule has 1 fully saturated rings. The van der Waals surface area contributed by atoms with Gasteiger partial charge in [-0.15, -0.1) is 0 Å². The van der Waals surface area contributed by atoms with Crippen molar-refractivity contribution >= 4 is 0 Å². The number of likely N-dealkylation sites (tertiary alicyclic amines) is 1. The molecule has 84 valence electrons. The largest absolute Gasteiger partial charge is 0.389 e. The zero-order valence-electron chi connectivity index (χ0n) is 9.88. The normalized spacial score (nSPS) is 20.1. The molecule has 0 atom stereocenters. The Kier molecular flexibility index (Phi) is 3.93. The topological polar surface area (TPSA) is 35.5 Å². The molecule has 0 radical (unpaired) electrons. The van der Waals surface area contributed by atoms with Crippen LogP contribution in [0.15, 0.2) is 0 Å². The molecule has 1 aliphatic heterocycles. The third-order valence-corrected chi connectivity index (χ3v) is 2.71. The van der Waals surface area contributed by atoms with Gasteiger partial charge in [-0.3, -0.25) is 0 Å². The first-order chi connectivity index (χ1) is 6.38. The van der Waals surface area contributed by atoms with E-state index in [4.69, 9.17) is 0 Å². The number of aliphatic hydroxyl groups is 1. The van der Waals surface area contributed by atoms with Crippen molar-refractivity contribution in [1.82, 2.24) is 10.2 Å². The van der Waals surface area contributed by atoms with Gasteiger partial charge in [0.2, 0.25) is 0 Å². The number of hydrogen-bond acceptors (Lipinski definition) is 3. The van der Waals surface area contributed by atoms with Gasteiger partial charge in [-0.25, -0.2) is 0 Å². The molecular weight excluding hydrogens is 176 g/mol. The molecule has 2 N–H and O–H groups in total. The van der Waals surface area contributed by atoms with Crippen molar-refractivity contribution in [3.8, 4) is 0 Å². The van der Waals surface area contributed by atoms with Crippen LogP contribution in [0.4, 0.5) is 0 Å². The maximum atomic E-state index is 9.49. The molecule has 1 saturated heterocycles. The highest BCUT2D eigenvalue weighted by atomic mass is 16.3. The fourth-order valence-corrected chi connectivity index (χ4v) is 1.74.